The lowest BCUT2D eigenvalue weighted by Gasteiger charge is -2.08. The quantitative estimate of drug-likeness (QED) is 0.902. The minimum atomic E-state index is -0.206. The molecule has 2 rings (SSSR count). The Morgan fingerprint density at radius 1 is 1.06 bits per heavy atom. The molecule has 0 aromatic heterocycles. The third kappa shape index (κ3) is 2.92. The Balaban J connectivity index is 2.28. The van der Waals surface area contributed by atoms with Crippen molar-refractivity contribution in [2.75, 3.05) is 0 Å². The Kier molecular flexibility index (Phi) is 4.04. The first kappa shape index (κ1) is 13.1. The summed E-state index contributed by atoms with van der Waals surface area (Å²) >= 11 is 1.45. The van der Waals surface area contributed by atoms with Gasteiger partial charge >= 0.3 is 0 Å². The van der Waals surface area contributed by atoms with Crippen molar-refractivity contribution < 1.29 is 4.39 Å². The zero-order valence-electron chi connectivity index (χ0n) is 10.5. The predicted molar refractivity (Wildman–Crippen MR) is 74.3 cm³/mol. The third-order valence-corrected chi connectivity index (χ3v) is 4.01. The molecule has 2 aromatic rings. The number of hydrogen-bond donors (Lipinski definition) is 1. The van der Waals surface area contributed by atoms with Crippen LogP contribution in [0.5, 0.6) is 0 Å². The third-order valence-electron chi connectivity index (χ3n) is 2.78. The van der Waals surface area contributed by atoms with Crippen LogP contribution in [0.25, 0.3) is 0 Å². The summed E-state index contributed by atoms with van der Waals surface area (Å²) in [6.45, 7) is 4.46. The van der Waals surface area contributed by atoms with Crippen molar-refractivity contribution in [3.8, 4) is 0 Å². The summed E-state index contributed by atoms with van der Waals surface area (Å²) in [5.41, 5.74) is 8.69. The summed E-state index contributed by atoms with van der Waals surface area (Å²) in [5.74, 6) is -0.206. The van der Waals surface area contributed by atoms with Crippen LogP contribution in [0.15, 0.2) is 46.2 Å². The van der Waals surface area contributed by atoms with E-state index in [0.29, 0.717) is 11.4 Å². The van der Waals surface area contributed by atoms with Gasteiger partial charge in [0.15, 0.2) is 0 Å². The van der Waals surface area contributed by atoms with Gasteiger partial charge in [0.2, 0.25) is 0 Å². The van der Waals surface area contributed by atoms with Crippen molar-refractivity contribution in [1.29, 1.82) is 0 Å². The van der Waals surface area contributed by atoms with Crippen LogP contribution < -0.4 is 5.73 Å². The molecule has 18 heavy (non-hydrogen) atoms. The molecule has 3 heteroatoms. The van der Waals surface area contributed by atoms with Gasteiger partial charge in [-0.25, -0.2) is 4.39 Å². The Labute approximate surface area is 111 Å². The molecule has 0 saturated heterocycles. The first-order valence-corrected chi connectivity index (χ1v) is 6.65. The van der Waals surface area contributed by atoms with Crippen LogP contribution in [-0.4, -0.2) is 0 Å². The highest BCUT2D eigenvalue weighted by Crippen LogP contribution is 2.32. The summed E-state index contributed by atoms with van der Waals surface area (Å²) in [4.78, 5) is 1.72. The molecule has 1 nitrogen and oxygen atoms in total. The second kappa shape index (κ2) is 5.55. The molecule has 0 atom stereocenters. The minimum absolute atomic E-state index is 0.206. The molecule has 0 saturated carbocycles. The second-order valence-electron chi connectivity index (χ2n) is 4.34. The van der Waals surface area contributed by atoms with Crippen molar-refractivity contribution in [2.24, 2.45) is 5.73 Å². The summed E-state index contributed by atoms with van der Waals surface area (Å²) in [7, 11) is 0. The van der Waals surface area contributed by atoms with Crippen LogP contribution in [0.2, 0.25) is 0 Å². The maximum absolute atomic E-state index is 13.9. The van der Waals surface area contributed by atoms with Crippen molar-refractivity contribution >= 4 is 11.8 Å². The van der Waals surface area contributed by atoms with E-state index in [1.807, 2.05) is 25.1 Å². The van der Waals surface area contributed by atoms with Crippen molar-refractivity contribution in [1.82, 2.24) is 0 Å². The number of nitrogens with two attached hydrogens (primary N) is 1. The standard InChI is InChI=1S/C15H16FNS/c1-10-3-5-14(11(2)7-10)18-15-6-4-12(9-17)8-13(15)16/h3-8H,9,17H2,1-2H3. The molecule has 2 aromatic carbocycles. The highest BCUT2D eigenvalue weighted by molar-refractivity contribution is 7.99. The number of halogens is 1. The molecule has 2 N–H and O–H groups in total. The Bertz CT molecular complexity index is 566. The van der Waals surface area contributed by atoms with Crippen LogP contribution in [0, 0.1) is 19.7 Å². The molecule has 0 radical (unpaired) electrons. The number of aryl methyl sites for hydroxylation is 2. The summed E-state index contributed by atoms with van der Waals surface area (Å²) in [6.07, 6.45) is 0. The van der Waals surface area contributed by atoms with Gasteiger partial charge < -0.3 is 5.73 Å². The highest BCUT2D eigenvalue weighted by atomic mass is 32.2. The molecule has 0 unspecified atom stereocenters. The topological polar surface area (TPSA) is 26.0 Å². The molecule has 0 bridgehead atoms. The first-order chi connectivity index (χ1) is 8.60. The normalized spacial score (nSPS) is 10.7. The maximum Gasteiger partial charge on any atom is 0.137 e. The number of benzene rings is 2. The van der Waals surface area contributed by atoms with Crippen LogP contribution in [0.1, 0.15) is 16.7 Å². The number of rotatable bonds is 3. The van der Waals surface area contributed by atoms with Gasteiger partial charge in [0, 0.05) is 16.3 Å². The molecule has 0 spiro atoms. The van der Waals surface area contributed by atoms with E-state index in [-0.39, 0.29) is 5.82 Å². The molecule has 0 fully saturated rings. The molecule has 94 valence electrons. The molecule has 0 heterocycles. The SMILES string of the molecule is Cc1ccc(Sc2ccc(CN)cc2F)c(C)c1. The van der Waals surface area contributed by atoms with Gasteiger partial charge in [0.25, 0.3) is 0 Å². The van der Waals surface area contributed by atoms with Crippen molar-refractivity contribution in [3.63, 3.8) is 0 Å². The van der Waals surface area contributed by atoms with E-state index in [2.05, 4.69) is 13.0 Å². The largest absolute Gasteiger partial charge is 0.326 e. The summed E-state index contributed by atoms with van der Waals surface area (Å²) in [5, 5.41) is 0. The molecule has 0 aliphatic carbocycles. The van der Waals surface area contributed by atoms with Crippen molar-refractivity contribution in [2.45, 2.75) is 30.2 Å². The maximum atomic E-state index is 13.9. The van der Waals surface area contributed by atoms with Gasteiger partial charge in [0.1, 0.15) is 5.82 Å². The monoisotopic (exact) mass is 261 g/mol. The van der Waals surface area contributed by atoms with E-state index in [1.165, 1.54) is 29.0 Å². The predicted octanol–water partition coefficient (Wildman–Crippen LogP) is 4.05. The fourth-order valence-electron chi connectivity index (χ4n) is 1.79. The molecule has 0 aliphatic heterocycles. The molecule has 0 amide bonds. The van der Waals surface area contributed by atoms with Gasteiger partial charge in [-0.2, -0.15) is 0 Å². The Morgan fingerprint density at radius 2 is 1.78 bits per heavy atom. The first-order valence-electron chi connectivity index (χ1n) is 5.84. The van der Waals surface area contributed by atoms with Gasteiger partial charge in [-0.1, -0.05) is 35.5 Å². The second-order valence-corrected chi connectivity index (χ2v) is 5.42. The Morgan fingerprint density at radius 3 is 2.39 bits per heavy atom. The van der Waals surface area contributed by atoms with E-state index in [0.717, 1.165) is 10.5 Å². The molecule has 0 aliphatic rings. The van der Waals surface area contributed by atoms with Crippen LogP contribution >= 0.6 is 11.8 Å². The Hall–Kier alpha value is -1.32. The minimum Gasteiger partial charge on any atom is -0.326 e. The fraction of sp³-hybridized carbons (Fsp3) is 0.200. The summed E-state index contributed by atoms with van der Waals surface area (Å²) in [6, 6.07) is 11.4. The van der Waals surface area contributed by atoms with Crippen LogP contribution in [0.3, 0.4) is 0 Å². The zero-order chi connectivity index (χ0) is 13.1. The van der Waals surface area contributed by atoms with Gasteiger partial charge in [0.05, 0.1) is 0 Å². The van der Waals surface area contributed by atoms with Crippen molar-refractivity contribution in [3.05, 3.63) is 58.9 Å². The molecular weight excluding hydrogens is 245 g/mol. The van der Waals surface area contributed by atoms with Crippen LogP contribution in [-0.2, 0) is 6.54 Å². The van der Waals surface area contributed by atoms with Gasteiger partial charge in [-0.15, -0.1) is 0 Å². The van der Waals surface area contributed by atoms with Gasteiger partial charge in [-0.05, 0) is 43.2 Å². The van der Waals surface area contributed by atoms with E-state index in [4.69, 9.17) is 5.73 Å². The average Bonchev–Trinajstić information content (AvgIpc) is 2.34. The lowest BCUT2D eigenvalue weighted by atomic mass is 10.2. The van der Waals surface area contributed by atoms with E-state index < -0.39 is 0 Å². The average molecular weight is 261 g/mol. The smallest absolute Gasteiger partial charge is 0.137 e. The van der Waals surface area contributed by atoms with E-state index in [9.17, 15) is 4.39 Å². The van der Waals surface area contributed by atoms with Crippen LogP contribution in [0.4, 0.5) is 4.39 Å². The fourth-order valence-corrected chi connectivity index (χ4v) is 2.67. The lowest BCUT2D eigenvalue weighted by molar-refractivity contribution is 0.599. The highest BCUT2D eigenvalue weighted by Gasteiger charge is 2.07. The van der Waals surface area contributed by atoms with Gasteiger partial charge in [-0.3, -0.25) is 0 Å². The van der Waals surface area contributed by atoms with E-state index in [1.54, 1.807) is 6.07 Å². The zero-order valence-corrected chi connectivity index (χ0v) is 11.4. The summed E-state index contributed by atoms with van der Waals surface area (Å²) < 4.78 is 13.9. The van der Waals surface area contributed by atoms with E-state index >= 15 is 0 Å². The lowest BCUT2D eigenvalue weighted by Crippen LogP contribution is -1.97. The molecular formula is C15H16FNS. The number of hydrogen-bond acceptors (Lipinski definition) is 2.